The number of fused-ring (bicyclic) bond motifs is 1. The molecule has 3 aromatic rings. The first kappa shape index (κ1) is 15.3. The number of nitrogens with one attached hydrogen (secondary N) is 1. The number of carbonyl (C=O) groups is 1. The van der Waals surface area contributed by atoms with Crippen molar-refractivity contribution in [2.24, 2.45) is 0 Å². The zero-order valence-corrected chi connectivity index (χ0v) is 13.5. The number of imidazole rings is 1. The third-order valence-electron chi connectivity index (χ3n) is 3.86. The predicted molar refractivity (Wildman–Crippen MR) is 92.6 cm³/mol. The summed E-state index contributed by atoms with van der Waals surface area (Å²) in [5.41, 5.74) is 2.84. The van der Waals surface area contributed by atoms with Crippen LogP contribution in [0.3, 0.4) is 0 Å². The van der Waals surface area contributed by atoms with Gasteiger partial charge in [0.1, 0.15) is 5.82 Å². The molecule has 0 bridgehead atoms. The SMILES string of the molecule is CC(C)n1c(CCNC(=O)c2ccccc2)nc2ccccc21. The molecule has 0 aliphatic carbocycles. The number of hydrogen-bond acceptors (Lipinski definition) is 2. The van der Waals surface area contributed by atoms with Crippen molar-refractivity contribution in [2.75, 3.05) is 6.54 Å². The first-order valence-corrected chi connectivity index (χ1v) is 7.96. The van der Waals surface area contributed by atoms with E-state index in [9.17, 15) is 4.79 Å². The van der Waals surface area contributed by atoms with Crippen LogP contribution in [-0.4, -0.2) is 22.0 Å². The van der Waals surface area contributed by atoms with E-state index in [2.05, 4.69) is 29.8 Å². The lowest BCUT2D eigenvalue weighted by atomic mass is 10.2. The highest BCUT2D eigenvalue weighted by Crippen LogP contribution is 2.21. The topological polar surface area (TPSA) is 46.9 Å². The minimum Gasteiger partial charge on any atom is -0.352 e. The van der Waals surface area contributed by atoms with Crippen LogP contribution in [0, 0.1) is 0 Å². The first-order chi connectivity index (χ1) is 11.2. The van der Waals surface area contributed by atoms with Crippen molar-refractivity contribution in [1.82, 2.24) is 14.9 Å². The Hall–Kier alpha value is -2.62. The van der Waals surface area contributed by atoms with Crippen LogP contribution in [0.5, 0.6) is 0 Å². The van der Waals surface area contributed by atoms with Crippen molar-refractivity contribution >= 4 is 16.9 Å². The lowest BCUT2D eigenvalue weighted by molar-refractivity contribution is 0.0954. The number of rotatable bonds is 5. The summed E-state index contributed by atoms with van der Waals surface area (Å²) in [5, 5.41) is 2.97. The van der Waals surface area contributed by atoms with Crippen molar-refractivity contribution in [3.63, 3.8) is 0 Å². The van der Waals surface area contributed by atoms with Crippen molar-refractivity contribution in [3.05, 3.63) is 66.0 Å². The molecule has 4 nitrogen and oxygen atoms in total. The van der Waals surface area contributed by atoms with Gasteiger partial charge in [-0.3, -0.25) is 4.79 Å². The van der Waals surface area contributed by atoms with Gasteiger partial charge in [-0.05, 0) is 38.1 Å². The van der Waals surface area contributed by atoms with E-state index in [1.165, 1.54) is 0 Å². The maximum Gasteiger partial charge on any atom is 0.251 e. The molecule has 0 fully saturated rings. The molecule has 4 heteroatoms. The molecule has 0 aliphatic rings. The summed E-state index contributed by atoms with van der Waals surface area (Å²) in [6.07, 6.45) is 0.714. The Kier molecular flexibility index (Phi) is 4.42. The highest BCUT2D eigenvalue weighted by molar-refractivity contribution is 5.94. The Balaban J connectivity index is 1.72. The van der Waals surface area contributed by atoms with Gasteiger partial charge < -0.3 is 9.88 Å². The Morgan fingerprint density at radius 2 is 1.78 bits per heavy atom. The second-order valence-corrected chi connectivity index (χ2v) is 5.85. The van der Waals surface area contributed by atoms with Gasteiger partial charge in [-0.25, -0.2) is 4.98 Å². The van der Waals surface area contributed by atoms with Gasteiger partial charge in [0.25, 0.3) is 5.91 Å². The lowest BCUT2D eigenvalue weighted by Crippen LogP contribution is -2.26. The van der Waals surface area contributed by atoms with Gasteiger partial charge in [-0.15, -0.1) is 0 Å². The van der Waals surface area contributed by atoms with Crippen molar-refractivity contribution in [1.29, 1.82) is 0 Å². The molecule has 118 valence electrons. The molecule has 1 heterocycles. The summed E-state index contributed by atoms with van der Waals surface area (Å²) in [7, 11) is 0. The second-order valence-electron chi connectivity index (χ2n) is 5.85. The van der Waals surface area contributed by atoms with Crippen LogP contribution < -0.4 is 5.32 Å². The summed E-state index contributed by atoms with van der Waals surface area (Å²) in [6, 6.07) is 17.8. The summed E-state index contributed by atoms with van der Waals surface area (Å²) in [4.78, 5) is 16.8. The number of para-hydroxylation sites is 2. The van der Waals surface area contributed by atoms with Gasteiger partial charge in [0.05, 0.1) is 11.0 Å². The minimum atomic E-state index is -0.0437. The fourth-order valence-corrected chi connectivity index (χ4v) is 2.83. The highest BCUT2D eigenvalue weighted by Gasteiger charge is 2.13. The summed E-state index contributed by atoms with van der Waals surface area (Å²) in [6.45, 7) is 4.88. The van der Waals surface area contributed by atoms with E-state index in [0.717, 1.165) is 16.9 Å². The number of benzene rings is 2. The van der Waals surface area contributed by atoms with Crippen LogP contribution in [-0.2, 0) is 6.42 Å². The van der Waals surface area contributed by atoms with Gasteiger partial charge in [0.15, 0.2) is 0 Å². The molecule has 3 rings (SSSR count). The molecule has 1 aromatic heterocycles. The fourth-order valence-electron chi connectivity index (χ4n) is 2.83. The number of carbonyl (C=O) groups excluding carboxylic acids is 1. The fraction of sp³-hybridized carbons (Fsp3) is 0.263. The molecule has 23 heavy (non-hydrogen) atoms. The molecule has 0 unspecified atom stereocenters. The number of amides is 1. The van der Waals surface area contributed by atoms with Crippen LogP contribution >= 0.6 is 0 Å². The van der Waals surface area contributed by atoms with Crippen molar-refractivity contribution in [2.45, 2.75) is 26.3 Å². The molecule has 0 saturated carbocycles. The number of aromatic nitrogens is 2. The van der Waals surface area contributed by atoms with Crippen molar-refractivity contribution in [3.8, 4) is 0 Å². The third kappa shape index (κ3) is 3.26. The maximum atomic E-state index is 12.1. The van der Waals surface area contributed by atoms with E-state index in [1.807, 2.05) is 48.5 Å². The van der Waals surface area contributed by atoms with Crippen LogP contribution in [0.1, 0.15) is 36.1 Å². The predicted octanol–water partition coefficient (Wildman–Crippen LogP) is 3.59. The molecular formula is C19H21N3O. The molecule has 2 aromatic carbocycles. The van der Waals surface area contributed by atoms with Crippen LogP contribution in [0.25, 0.3) is 11.0 Å². The average molecular weight is 307 g/mol. The Morgan fingerprint density at radius 1 is 1.09 bits per heavy atom. The summed E-state index contributed by atoms with van der Waals surface area (Å²) < 4.78 is 2.24. The lowest BCUT2D eigenvalue weighted by Gasteiger charge is -2.13. The second kappa shape index (κ2) is 6.65. The van der Waals surface area contributed by atoms with E-state index >= 15 is 0 Å². The van der Waals surface area contributed by atoms with Gasteiger partial charge in [-0.2, -0.15) is 0 Å². The van der Waals surface area contributed by atoms with E-state index in [-0.39, 0.29) is 5.91 Å². The number of hydrogen-bond donors (Lipinski definition) is 1. The summed E-state index contributed by atoms with van der Waals surface area (Å²) >= 11 is 0. The molecule has 0 radical (unpaired) electrons. The molecular weight excluding hydrogens is 286 g/mol. The molecule has 0 atom stereocenters. The van der Waals surface area contributed by atoms with Gasteiger partial charge in [-0.1, -0.05) is 30.3 Å². The normalized spacial score (nSPS) is 11.1. The van der Waals surface area contributed by atoms with Gasteiger partial charge in [0, 0.05) is 24.6 Å². The van der Waals surface area contributed by atoms with E-state index in [1.54, 1.807) is 0 Å². The standard InChI is InChI=1S/C19H21N3O/c1-14(2)22-17-11-7-6-10-16(17)21-18(22)12-13-20-19(23)15-8-4-3-5-9-15/h3-11,14H,12-13H2,1-2H3,(H,20,23). The van der Waals surface area contributed by atoms with Crippen LogP contribution in [0.4, 0.5) is 0 Å². The number of nitrogens with zero attached hydrogens (tertiary/aromatic N) is 2. The maximum absolute atomic E-state index is 12.1. The summed E-state index contributed by atoms with van der Waals surface area (Å²) in [5.74, 6) is 0.965. The molecule has 1 N–H and O–H groups in total. The molecule has 0 saturated heterocycles. The van der Waals surface area contributed by atoms with Crippen molar-refractivity contribution < 1.29 is 4.79 Å². The Bertz CT molecular complexity index is 806. The smallest absolute Gasteiger partial charge is 0.251 e. The van der Waals surface area contributed by atoms with E-state index in [0.29, 0.717) is 24.6 Å². The minimum absolute atomic E-state index is 0.0437. The largest absolute Gasteiger partial charge is 0.352 e. The third-order valence-corrected chi connectivity index (χ3v) is 3.86. The van der Waals surface area contributed by atoms with E-state index in [4.69, 9.17) is 4.98 Å². The quantitative estimate of drug-likeness (QED) is 0.783. The van der Waals surface area contributed by atoms with Gasteiger partial charge in [0.2, 0.25) is 0 Å². The van der Waals surface area contributed by atoms with Gasteiger partial charge >= 0.3 is 0 Å². The van der Waals surface area contributed by atoms with Crippen LogP contribution in [0.2, 0.25) is 0 Å². The average Bonchev–Trinajstić information content (AvgIpc) is 2.94. The van der Waals surface area contributed by atoms with E-state index < -0.39 is 0 Å². The Labute approximate surface area is 136 Å². The first-order valence-electron chi connectivity index (χ1n) is 7.96. The molecule has 0 spiro atoms. The zero-order valence-electron chi connectivity index (χ0n) is 13.5. The van der Waals surface area contributed by atoms with Crippen LogP contribution in [0.15, 0.2) is 54.6 Å². The monoisotopic (exact) mass is 307 g/mol. The Morgan fingerprint density at radius 3 is 2.52 bits per heavy atom. The highest BCUT2D eigenvalue weighted by atomic mass is 16.1. The zero-order chi connectivity index (χ0) is 16.2. The molecule has 0 aliphatic heterocycles. The molecule has 1 amide bonds.